The second kappa shape index (κ2) is 4.52. The molecule has 3 aromatic heterocycles. The topological polar surface area (TPSA) is 82.8 Å². The van der Waals surface area contributed by atoms with Gasteiger partial charge in [0.25, 0.3) is 5.89 Å². The van der Waals surface area contributed by atoms with Crippen LogP contribution < -0.4 is 0 Å². The first-order valence-corrected chi connectivity index (χ1v) is 5.65. The molecule has 0 aliphatic rings. The Balaban J connectivity index is 1.89. The molecule has 19 heavy (non-hydrogen) atoms. The highest BCUT2D eigenvalue weighted by atomic mass is 16.5. The molecule has 7 nitrogen and oxygen atoms in total. The average molecular weight is 257 g/mol. The maximum Gasteiger partial charge on any atom is 0.254 e. The molecule has 0 fully saturated rings. The van der Waals surface area contributed by atoms with E-state index in [1.54, 1.807) is 24.2 Å². The van der Waals surface area contributed by atoms with Gasteiger partial charge in [-0.3, -0.25) is 4.68 Å². The van der Waals surface area contributed by atoms with Crippen molar-refractivity contribution in [1.82, 2.24) is 25.1 Å². The molecule has 0 aliphatic heterocycles. The van der Waals surface area contributed by atoms with Crippen LogP contribution >= 0.6 is 0 Å². The zero-order valence-corrected chi connectivity index (χ0v) is 10.4. The van der Waals surface area contributed by atoms with Gasteiger partial charge in [-0.1, -0.05) is 10.4 Å². The van der Waals surface area contributed by atoms with Gasteiger partial charge in [-0.15, -0.1) is 5.10 Å². The number of aromatic nitrogens is 5. The van der Waals surface area contributed by atoms with Crippen molar-refractivity contribution in [2.24, 2.45) is 7.05 Å². The van der Waals surface area contributed by atoms with Crippen molar-refractivity contribution >= 4 is 11.6 Å². The number of nitrogens with zero attached hydrogens (tertiary/aromatic N) is 5. The number of aryl methyl sites for hydroxylation is 1. The van der Waals surface area contributed by atoms with Crippen molar-refractivity contribution in [3.8, 4) is 11.5 Å². The van der Waals surface area contributed by atoms with Crippen LogP contribution in [-0.2, 0) is 7.05 Å². The van der Waals surface area contributed by atoms with Gasteiger partial charge < -0.3 is 8.94 Å². The van der Waals surface area contributed by atoms with E-state index in [4.69, 9.17) is 8.94 Å². The molecule has 0 saturated heterocycles. The smallest absolute Gasteiger partial charge is 0.254 e. The SMILES string of the molecule is C/C(=C/c1ccco1)c1nc(-c2cn(C)nn2)no1. The molecule has 0 atom stereocenters. The van der Waals surface area contributed by atoms with Crippen molar-refractivity contribution in [3.63, 3.8) is 0 Å². The van der Waals surface area contributed by atoms with Crippen LogP contribution in [0.3, 0.4) is 0 Å². The molecule has 7 heteroatoms. The van der Waals surface area contributed by atoms with Crippen LogP contribution in [0.25, 0.3) is 23.2 Å². The highest BCUT2D eigenvalue weighted by molar-refractivity contribution is 5.75. The van der Waals surface area contributed by atoms with Crippen LogP contribution in [0.1, 0.15) is 18.6 Å². The van der Waals surface area contributed by atoms with E-state index in [0.29, 0.717) is 17.4 Å². The lowest BCUT2D eigenvalue weighted by molar-refractivity contribution is 0.408. The quantitative estimate of drug-likeness (QED) is 0.713. The molecule has 96 valence electrons. The van der Waals surface area contributed by atoms with Crippen LogP contribution in [0.15, 0.2) is 33.5 Å². The van der Waals surface area contributed by atoms with Crippen LogP contribution in [0.5, 0.6) is 0 Å². The number of rotatable bonds is 3. The molecule has 0 aliphatic carbocycles. The predicted molar refractivity (Wildman–Crippen MR) is 66.5 cm³/mol. The Labute approximate surface area is 108 Å². The predicted octanol–water partition coefficient (Wildman–Crippen LogP) is 2.02. The molecule has 0 bridgehead atoms. The summed E-state index contributed by atoms with van der Waals surface area (Å²) in [5.74, 6) is 1.57. The molecule has 0 aromatic carbocycles. The molecule has 0 unspecified atom stereocenters. The van der Waals surface area contributed by atoms with E-state index in [0.717, 1.165) is 11.3 Å². The summed E-state index contributed by atoms with van der Waals surface area (Å²) in [7, 11) is 1.78. The van der Waals surface area contributed by atoms with E-state index in [9.17, 15) is 0 Å². The minimum atomic E-state index is 0.412. The molecular weight excluding hydrogens is 246 g/mol. The third-order valence-electron chi connectivity index (χ3n) is 2.50. The van der Waals surface area contributed by atoms with E-state index in [-0.39, 0.29) is 0 Å². The normalized spacial score (nSPS) is 12.0. The average Bonchev–Trinajstić information content (AvgIpc) is 3.07. The van der Waals surface area contributed by atoms with Crippen molar-refractivity contribution in [2.45, 2.75) is 6.92 Å². The largest absolute Gasteiger partial charge is 0.465 e. The Morgan fingerprint density at radius 1 is 1.42 bits per heavy atom. The van der Waals surface area contributed by atoms with E-state index in [1.165, 1.54) is 0 Å². The minimum Gasteiger partial charge on any atom is -0.465 e. The zero-order chi connectivity index (χ0) is 13.2. The minimum absolute atomic E-state index is 0.412. The summed E-state index contributed by atoms with van der Waals surface area (Å²) in [5.41, 5.74) is 1.39. The monoisotopic (exact) mass is 257 g/mol. The molecule has 0 saturated carbocycles. The van der Waals surface area contributed by atoms with Gasteiger partial charge in [0.15, 0.2) is 5.69 Å². The summed E-state index contributed by atoms with van der Waals surface area (Å²) in [6.45, 7) is 1.87. The summed E-state index contributed by atoms with van der Waals surface area (Å²) >= 11 is 0. The zero-order valence-electron chi connectivity index (χ0n) is 10.4. The Bertz CT molecular complexity index is 708. The molecule has 0 amide bonds. The second-order valence-corrected chi connectivity index (χ2v) is 4.04. The Hall–Kier alpha value is -2.70. The van der Waals surface area contributed by atoms with Gasteiger partial charge in [0, 0.05) is 12.6 Å². The van der Waals surface area contributed by atoms with Gasteiger partial charge in [0.2, 0.25) is 5.82 Å². The highest BCUT2D eigenvalue weighted by Crippen LogP contribution is 2.19. The van der Waals surface area contributed by atoms with Crippen LogP contribution in [0, 0.1) is 0 Å². The lowest BCUT2D eigenvalue weighted by atomic mass is 10.2. The number of hydrogen-bond acceptors (Lipinski definition) is 6. The van der Waals surface area contributed by atoms with Crippen molar-refractivity contribution < 1.29 is 8.94 Å². The van der Waals surface area contributed by atoms with E-state index in [2.05, 4.69) is 20.5 Å². The number of furan rings is 1. The van der Waals surface area contributed by atoms with Crippen LogP contribution in [0.4, 0.5) is 0 Å². The van der Waals surface area contributed by atoms with Crippen molar-refractivity contribution in [2.75, 3.05) is 0 Å². The Morgan fingerprint density at radius 3 is 3.00 bits per heavy atom. The first-order valence-electron chi connectivity index (χ1n) is 5.65. The fraction of sp³-hybridized carbons (Fsp3) is 0.167. The molecule has 3 rings (SSSR count). The van der Waals surface area contributed by atoms with E-state index in [1.807, 2.05) is 25.1 Å². The lowest BCUT2D eigenvalue weighted by Crippen LogP contribution is -1.85. The summed E-state index contributed by atoms with van der Waals surface area (Å²) in [4.78, 5) is 4.27. The third-order valence-corrected chi connectivity index (χ3v) is 2.50. The van der Waals surface area contributed by atoms with Gasteiger partial charge >= 0.3 is 0 Å². The first kappa shape index (κ1) is 11.4. The molecule has 3 aromatic rings. The maximum absolute atomic E-state index is 5.23. The Morgan fingerprint density at radius 2 is 2.32 bits per heavy atom. The van der Waals surface area contributed by atoms with Gasteiger partial charge in [-0.05, 0) is 25.1 Å². The summed E-state index contributed by atoms with van der Waals surface area (Å²) in [6, 6.07) is 3.67. The van der Waals surface area contributed by atoms with E-state index < -0.39 is 0 Å². The molecule has 0 radical (unpaired) electrons. The Kier molecular flexibility index (Phi) is 2.71. The van der Waals surface area contributed by atoms with Crippen LogP contribution in [0.2, 0.25) is 0 Å². The second-order valence-electron chi connectivity index (χ2n) is 4.04. The van der Waals surface area contributed by atoms with Crippen LogP contribution in [-0.4, -0.2) is 25.1 Å². The van der Waals surface area contributed by atoms with Crippen molar-refractivity contribution in [3.05, 3.63) is 36.2 Å². The fourth-order valence-corrected chi connectivity index (χ4v) is 1.59. The fourth-order valence-electron chi connectivity index (χ4n) is 1.59. The van der Waals surface area contributed by atoms with E-state index >= 15 is 0 Å². The summed E-state index contributed by atoms with van der Waals surface area (Å²) in [6.07, 6.45) is 5.16. The number of hydrogen-bond donors (Lipinski definition) is 0. The third kappa shape index (κ3) is 2.30. The molecule has 0 N–H and O–H groups in total. The first-order chi connectivity index (χ1) is 9.22. The highest BCUT2D eigenvalue weighted by Gasteiger charge is 2.12. The number of allylic oxidation sites excluding steroid dienone is 1. The lowest BCUT2D eigenvalue weighted by Gasteiger charge is -1.90. The van der Waals surface area contributed by atoms with Crippen molar-refractivity contribution in [1.29, 1.82) is 0 Å². The summed E-state index contributed by atoms with van der Waals surface area (Å²) in [5, 5.41) is 11.6. The molecular formula is C12H11N5O2. The standard InChI is InChI=1S/C12H11N5O2/c1-8(6-9-4-3-5-18-9)12-13-11(15-19-12)10-7-17(2)16-14-10/h3-7H,1-2H3/b8-6-. The summed E-state index contributed by atoms with van der Waals surface area (Å²) < 4.78 is 12.0. The van der Waals surface area contributed by atoms with Gasteiger partial charge in [-0.2, -0.15) is 4.98 Å². The van der Waals surface area contributed by atoms with Gasteiger partial charge in [-0.25, -0.2) is 0 Å². The van der Waals surface area contributed by atoms with Gasteiger partial charge in [0.1, 0.15) is 5.76 Å². The van der Waals surface area contributed by atoms with Gasteiger partial charge in [0.05, 0.1) is 12.5 Å². The molecule has 0 spiro atoms. The maximum atomic E-state index is 5.23. The molecule has 3 heterocycles.